The molecule has 0 aliphatic carbocycles. The lowest BCUT2D eigenvalue weighted by molar-refractivity contribution is -0.147. The second-order valence-corrected chi connectivity index (χ2v) is 9.18. The summed E-state index contributed by atoms with van der Waals surface area (Å²) in [4.78, 5) is 42.7. The lowest BCUT2D eigenvalue weighted by Crippen LogP contribution is -2.56. The minimum atomic E-state index is -1.37. The van der Waals surface area contributed by atoms with Crippen LogP contribution in [0, 0.1) is 5.92 Å². The Bertz CT molecular complexity index is 1070. The van der Waals surface area contributed by atoms with Gasteiger partial charge in [-0.2, -0.15) is 0 Å². The number of ether oxygens (including phenoxy) is 2. The number of amides is 2. The molecule has 1 saturated heterocycles. The fourth-order valence-electron chi connectivity index (χ4n) is 4.49. The van der Waals surface area contributed by atoms with Crippen LogP contribution in [0.3, 0.4) is 0 Å². The molecule has 1 aromatic carbocycles. The first kappa shape index (κ1) is 25.4. The van der Waals surface area contributed by atoms with Gasteiger partial charge in [-0.1, -0.05) is 36.4 Å². The SMILES string of the molecule is COC(Cc1ccc2c(n1)NCCC2)C1CN(C(=O)C[C@H](NC(=O)OCc2ccccc2)C(=O)O)C1. The Morgan fingerprint density at radius 2 is 1.97 bits per heavy atom. The number of aliphatic carboxylic acids is 1. The van der Waals surface area contributed by atoms with Crippen LogP contribution in [-0.4, -0.2) is 71.9 Å². The molecular formula is C26H32N4O6. The molecule has 10 heteroatoms. The van der Waals surface area contributed by atoms with E-state index in [0.717, 1.165) is 36.5 Å². The highest BCUT2D eigenvalue weighted by molar-refractivity contribution is 5.87. The Balaban J connectivity index is 1.24. The van der Waals surface area contributed by atoms with Crippen LogP contribution in [0.4, 0.5) is 10.6 Å². The van der Waals surface area contributed by atoms with Crippen LogP contribution in [0.25, 0.3) is 0 Å². The van der Waals surface area contributed by atoms with Crippen LogP contribution >= 0.6 is 0 Å². The molecule has 2 aliphatic heterocycles. The van der Waals surface area contributed by atoms with E-state index in [2.05, 4.69) is 16.7 Å². The Labute approximate surface area is 210 Å². The van der Waals surface area contributed by atoms with Crippen molar-refractivity contribution in [3.8, 4) is 0 Å². The monoisotopic (exact) mass is 496 g/mol. The largest absolute Gasteiger partial charge is 0.480 e. The number of fused-ring (bicyclic) bond motifs is 1. The summed E-state index contributed by atoms with van der Waals surface area (Å²) in [6, 6.07) is 11.8. The van der Waals surface area contributed by atoms with Gasteiger partial charge in [0.2, 0.25) is 5.91 Å². The summed E-state index contributed by atoms with van der Waals surface area (Å²) in [6.45, 7) is 1.86. The highest BCUT2D eigenvalue weighted by Gasteiger charge is 2.38. The first-order chi connectivity index (χ1) is 17.4. The number of carbonyl (C=O) groups is 3. The zero-order valence-corrected chi connectivity index (χ0v) is 20.3. The number of likely N-dealkylation sites (tertiary alicyclic amines) is 1. The molecule has 1 unspecified atom stereocenters. The van der Waals surface area contributed by atoms with Crippen LogP contribution in [0.5, 0.6) is 0 Å². The number of nitrogens with zero attached hydrogens (tertiary/aromatic N) is 2. The van der Waals surface area contributed by atoms with Gasteiger partial charge in [-0.3, -0.25) is 4.79 Å². The van der Waals surface area contributed by atoms with E-state index in [-0.39, 0.29) is 31.0 Å². The van der Waals surface area contributed by atoms with Gasteiger partial charge >= 0.3 is 12.1 Å². The number of pyridine rings is 1. The van der Waals surface area contributed by atoms with E-state index in [4.69, 9.17) is 14.5 Å². The number of alkyl carbamates (subject to hydrolysis) is 1. The summed E-state index contributed by atoms with van der Waals surface area (Å²) in [5.74, 6) is -0.572. The van der Waals surface area contributed by atoms with E-state index >= 15 is 0 Å². The number of aromatic nitrogens is 1. The lowest BCUT2D eigenvalue weighted by atomic mass is 9.89. The van der Waals surface area contributed by atoms with Crippen molar-refractivity contribution < 1.29 is 29.0 Å². The number of carbonyl (C=O) groups excluding carboxylic acids is 2. The van der Waals surface area contributed by atoms with Gasteiger partial charge in [0.1, 0.15) is 18.5 Å². The number of rotatable bonds is 10. The van der Waals surface area contributed by atoms with E-state index in [1.165, 1.54) is 5.56 Å². The standard InChI is InChI=1S/C26H32N4O6/c1-35-22(12-20-10-9-18-8-5-11-27-24(18)28-20)19-14-30(15-19)23(31)13-21(25(32)33)29-26(34)36-16-17-6-3-2-4-7-17/h2-4,6-7,9-10,19,21-22H,5,8,11-16H2,1H3,(H,27,28)(H,29,34)(H,32,33)/t21-,22?/m0/s1. The summed E-state index contributed by atoms with van der Waals surface area (Å²) in [5, 5.41) is 15.1. The van der Waals surface area contributed by atoms with Crippen molar-refractivity contribution >= 4 is 23.8 Å². The quantitative estimate of drug-likeness (QED) is 0.457. The molecule has 4 rings (SSSR count). The van der Waals surface area contributed by atoms with Gasteiger partial charge in [-0.25, -0.2) is 14.6 Å². The van der Waals surface area contributed by atoms with Crippen LogP contribution in [-0.2, 0) is 38.5 Å². The summed E-state index contributed by atoms with van der Waals surface area (Å²) in [7, 11) is 1.65. The van der Waals surface area contributed by atoms with Crippen molar-refractivity contribution in [3.63, 3.8) is 0 Å². The normalized spacial score (nSPS) is 16.6. The Kier molecular flexibility index (Phi) is 8.37. The van der Waals surface area contributed by atoms with Crippen LogP contribution in [0.2, 0.25) is 0 Å². The van der Waals surface area contributed by atoms with Gasteiger partial charge in [0.15, 0.2) is 0 Å². The van der Waals surface area contributed by atoms with E-state index in [0.29, 0.717) is 19.5 Å². The molecule has 0 spiro atoms. The molecule has 0 bridgehead atoms. The number of hydrogen-bond acceptors (Lipinski definition) is 7. The van der Waals surface area contributed by atoms with E-state index in [1.807, 2.05) is 24.3 Å². The third kappa shape index (κ3) is 6.51. The van der Waals surface area contributed by atoms with Crippen LogP contribution in [0.1, 0.15) is 29.7 Å². The molecule has 2 aromatic rings. The average molecular weight is 497 g/mol. The van der Waals surface area contributed by atoms with E-state index < -0.39 is 18.1 Å². The van der Waals surface area contributed by atoms with Crippen LogP contribution < -0.4 is 10.6 Å². The zero-order valence-electron chi connectivity index (χ0n) is 20.3. The average Bonchev–Trinajstić information content (AvgIpc) is 2.86. The van der Waals surface area contributed by atoms with Gasteiger partial charge < -0.3 is 30.1 Å². The summed E-state index contributed by atoms with van der Waals surface area (Å²) < 4.78 is 10.8. The number of anilines is 1. The molecule has 2 aliphatic rings. The number of methoxy groups -OCH3 is 1. The number of carboxylic acids is 1. The molecule has 0 radical (unpaired) electrons. The molecule has 2 atom stereocenters. The minimum absolute atomic E-state index is 0.00824. The molecule has 36 heavy (non-hydrogen) atoms. The smallest absolute Gasteiger partial charge is 0.408 e. The maximum atomic E-state index is 12.7. The van der Waals surface area contributed by atoms with Crippen molar-refractivity contribution in [3.05, 3.63) is 59.3 Å². The molecule has 3 N–H and O–H groups in total. The second kappa shape index (κ2) is 11.9. The molecule has 3 heterocycles. The Hall–Kier alpha value is -3.66. The molecule has 2 amide bonds. The maximum Gasteiger partial charge on any atom is 0.408 e. The fourth-order valence-corrected chi connectivity index (χ4v) is 4.49. The summed E-state index contributed by atoms with van der Waals surface area (Å²) in [6.07, 6.45) is 1.42. The molecule has 192 valence electrons. The van der Waals surface area contributed by atoms with Gasteiger partial charge in [0.05, 0.1) is 12.5 Å². The molecule has 1 aromatic heterocycles. The highest BCUT2D eigenvalue weighted by atomic mass is 16.5. The minimum Gasteiger partial charge on any atom is -0.480 e. The third-order valence-electron chi connectivity index (χ3n) is 6.63. The topological polar surface area (TPSA) is 130 Å². The van der Waals surface area contributed by atoms with Crippen molar-refractivity contribution in [1.82, 2.24) is 15.2 Å². The summed E-state index contributed by atoms with van der Waals surface area (Å²) >= 11 is 0. The number of hydrogen-bond donors (Lipinski definition) is 3. The Morgan fingerprint density at radius 3 is 2.69 bits per heavy atom. The number of nitrogens with one attached hydrogen (secondary N) is 2. The molecule has 1 fully saturated rings. The van der Waals surface area contributed by atoms with E-state index in [1.54, 1.807) is 24.1 Å². The third-order valence-corrected chi connectivity index (χ3v) is 6.63. The second-order valence-electron chi connectivity index (χ2n) is 9.18. The highest BCUT2D eigenvalue weighted by Crippen LogP contribution is 2.26. The predicted molar refractivity (Wildman–Crippen MR) is 131 cm³/mol. The predicted octanol–water partition coefficient (Wildman–Crippen LogP) is 2.23. The van der Waals surface area contributed by atoms with Crippen LogP contribution in [0.15, 0.2) is 42.5 Å². The number of carboxylic acid groups (broad SMARTS) is 1. The van der Waals surface area contributed by atoms with Gasteiger partial charge in [-0.05, 0) is 30.0 Å². The number of aryl methyl sites for hydroxylation is 1. The first-order valence-corrected chi connectivity index (χ1v) is 12.2. The maximum absolute atomic E-state index is 12.7. The van der Waals surface area contributed by atoms with Crippen molar-refractivity contribution in [2.45, 2.75) is 44.4 Å². The first-order valence-electron chi connectivity index (χ1n) is 12.2. The zero-order chi connectivity index (χ0) is 25.5. The lowest BCUT2D eigenvalue weighted by Gasteiger charge is -2.43. The van der Waals surface area contributed by atoms with Gasteiger partial charge in [0, 0.05) is 44.8 Å². The Morgan fingerprint density at radius 1 is 1.19 bits per heavy atom. The molecule has 0 saturated carbocycles. The molecular weight excluding hydrogens is 464 g/mol. The van der Waals surface area contributed by atoms with Gasteiger partial charge in [-0.15, -0.1) is 0 Å². The molecule has 10 nitrogen and oxygen atoms in total. The van der Waals surface area contributed by atoms with Gasteiger partial charge in [0.25, 0.3) is 0 Å². The summed E-state index contributed by atoms with van der Waals surface area (Å²) in [5.41, 5.74) is 2.94. The number of benzene rings is 1. The van der Waals surface area contributed by atoms with Crippen molar-refractivity contribution in [2.75, 3.05) is 32.1 Å². The van der Waals surface area contributed by atoms with Crippen molar-refractivity contribution in [2.24, 2.45) is 5.92 Å². The van der Waals surface area contributed by atoms with E-state index in [9.17, 15) is 19.5 Å². The fraction of sp³-hybridized carbons (Fsp3) is 0.462. The van der Waals surface area contributed by atoms with Crippen molar-refractivity contribution in [1.29, 1.82) is 0 Å².